The maximum atomic E-state index is 13.3. The topological polar surface area (TPSA) is 54.3 Å². The van der Waals surface area contributed by atoms with E-state index >= 15 is 0 Å². The van der Waals surface area contributed by atoms with Gasteiger partial charge in [-0.3, -0.25) is 9.69 Å². The first-order valence-electron chi connectivity index (χ1n) is 10.8. The SMILES string of the molecule is Cc1csc(-n2nc(C(=O)N3CCN(Cc4ccccc4)CC3)cc2-c2ccccc2)n1. The fourth-order valence-electron chi connectivity index (χ4n) is 4.00. The van der Waals surface area contributed by atoms with E-state index in [-0.39, 0.29) is 5.91 Å². The van der Waals surface area contributed by atoms with Crippen LogP contribution in [0.5, 0.6) is 0 Å². The summed E-state index contributed by atoms with van der Waals surface area (Å²) in [5.41, 5.74) is 4.61. The molecule has 32 heavy (non-hydrogen) atoms. The highest BCUT2D eigenvalue weighted by Gasteiger charge is 2.26. The molecular formula is C25H25N5OS. The molecule has 4 aromatic rings. The highest BCUT2D eigenvalue weighted by Crippen LogP contribution is 2.26. The Labute approximate surface area is 191 Å². The summed E-state index contributed by atoms with van der Waals surface area (Å²) >= 11 is 1.53. The lowest BCUT2D eigenvalue weighted by atomic mass is 10.1. The molecule has 3 heterocycles. The van der Waals surface area contributed by atoms with E-state index < -0.39 is 0 Å². The van der Waals surface area contributed by atoms with Gasteiger partial charge < -0.3 is 4.90 Å². The Hall–Kier alpha value is -3.29. The number of nitrogens with zero attached hydrogens (tertiary/aromatic N) is 5. The van der Waals surface area contributed by atoms with Crippen LogP contribution in [-0.2, 0) is 6.54 Å². The van der Waals surface area contributed by atoms with E-state index in [9.17, 15) is 4.79 Å². The number of aromatic nitrogens is 3. The van der Waals surface area contributed by atoms with Crippen molar-refractivity contribution in [3.05, 3.63) is 89.1 Å². The van der Waals surface area contributed by atoms with Crippen molar-refractivity contribution in [2.24, 2.45) is 0 Å². The van der Waals surface area contributed by atoms with Crippen LogP contribution in [0, 0.1) is 6.92 Å². The van der Waals surface area contributed by atoms with Crippen LogP contribution in [0.15, 0.2) is 72.1 Å². The van der Waals surface area contributed by atoms with Crippen LogP contribution in [0.25, 0.3) is 16.4 Å². The van der Waals surface area contributed by atoms with Crippen LogP contribution in [0.1, 0.15) is 21.7 Å². The average molecular weight is 444 g/mol. The van der Waals surface area contributed by atoms with Crippen LogP contribution >= 0.6 is 11.3 Å². The largest absolute Gasteiger partial charge is 0.335 e. The third-order valence-corrected chi connectivity index (χ3v) is 6.63. The number of hydrogen-bond acceptors (Lipinski definition) is 5. The van der Waals surface area contributed by atoms with Gasteiger partial charge >= 0.3 is 0 Å². The summed E-state index contributed by atoms with van der Waals surface area (Å²) in [6.07, 6.45) is 0. The Balaban J connectivity index is 1.34. The van der Waals surface area contributed by atoms with Gasteiger partial charge in [-0.2, -0.15) is 5.10 Å². The minimum absolute atomic E-state index is 0.0198. The summed E-state index contributed by atoms with van der Waals surface area (Å²) in [6.45, 7) is 6.01. The van der Waals surface area contributed by atoms with E-state index in [4.69, 9.17) is 5.10 Å². The van der Waals surface area contributed by atoms with Crippen LogP contribution in [0.3, 0.4) is 0 Å². The number of rotatable bonds is 5. The normalized spacial score (nSPS) is 14.6. The van der Waals surface area contributed by atoms with Crippen molar-refractivity contribution in [3.63, 3.8) is 0 Å². The van der Waals surface area contributed by atoms with Crippen molar-refractivity contribution < 1.29 is 4.79 Å². The summed E-state index contributed by atoms with van der Waals surface area (Å²) in [6, 6.07) is 22.4. The summed E-state index contributed by atoms with van der Waals surface area (Å²) in [7, 11) is 0. The van der Waals surface area contributed by atoms with Crippen molar-refractivity contribution in [2.75, 3.05) is 26.2 Å². The van der Waals surface area contributed by atoms with E-state index in [2.05, 4.69) is 34.1 Å². The molecular weight excluding hydrogens is 418 g/mol. The molecule has 0 N–H and O–H groups in total. The predicted octanol–water partition coefficient (Wildman–Crippen LogP) is 4.26. The minimum Gasteiger partial charge on any atom is -0.335 e. The maximum Gasteiger partial charge on any atom is 0.274 e. The van der Waals surface area contributed by atoms with E-state index in [1.165, 1.54) is 16.9 Å². The molecule has 7 heteroatoms. The van der Waals surface area contributed by atoms with E-state index in [1.807, 2.05) is 59.7 Å². The molecule has 0 unspecified atom stereocenters. The van der Waals surface area contributed by atoms with E-state index in [1.54, 1.807) is 4.68 Å². The lowest BCUT2D eigenvalue weighted by molar-refractivity contribution is 0.0622. The molecule has 0 atom stereocenters. The quantitative estimate of drug-likeness (QED) is 0.462. The van der Waals surface area contributed by atoms with Gasteiger partial charge in [-0.15, -0.1) is 11.3 Å². The zero-order chi connectivity index (χ0) is 21.9. The van der Waals surface area contributed by atoms with E-state index in [0.29, 0.717) is 18.8 Å². The second kappa shape index (κ2) is 9.06. The van der Waals surface area contributed by atoms with Gasteiger partial charge in [0.25, 0.3) is 5.91 Å². The Bertz CT molecular complexity index is 1190. The van der Waals surface area contributed by atoms with Crippen molar-refractivity contribution in [1.82, 2.24) is 24.6 Å². The molecule has 1 amide bonds. The molecule has 2 aromatic carbocycles. The monoisotopic (exact) mass is 443 g/mol. The van der Waals surface area contributed by atoms with Crippen molar-refractivity contribution >= 4 is 17.2 Å². The predicted molar refractivity (Wildman–Crippen MR) is 127 cm³/mol. The second-order valence-corrected chi connectivity index (χ2v) is 8.85. The van der Waals surface area contributed by atoms with E-state index in [0.717, 1.165) is 41.7 Å². The summed E-state index contributed by atoms with van der Waals surface area (Å²) in [5.74, 6) is -0.0198. The number of amides is 1. The lowest BCUT2D eigenvalue weighted by Gasteiger charge is -2.34. The highest BCUT2D eigenvalue weighted by molar-refractivity contribution is 7.12. The highest BCUT2D eigenvalue weighted by atomic mass is 32.1. The standard InChI is InChI=1S/C25H25N5OS/c1-19-18-32-25(26-19)30-23(21-10-6-3-7-11-21)16-22(27-30)24(31)29-14-12-28(13-15-29)17-20-8-4-2-5-9-20/h2-11,16,18H,12-15,17H2,1H3. The number of benzene rings is 2. The molecule has 1 aliphatic rings. The van der Waals surface area contributed by atoms with Gasteiger partial charge in [0.2, 0.25) is 5.13 Å². The van der Waals surface area contributed by atoms with Crippen molar-refractivity contribution in [1.29, 1.82) is 0 Å². The molecule has 1 aliphatic heterocycles. The molecule has 0 saturated carbocycles. The van der Waals surface area contributed by atoms with Gasteiger partial charge in [0.15, 0.2) is 5.69 Å². The summed E-state index contributed by atoms with van der Waals surface area (Å²) in [5, 5.41) is 7.46. The third kappa shape index (κ3) is 4.35. The van der Waals surface area contributed by atoms with Gasteiger partial charge in [0.1, 0.15) is 0 Å². The second-order valence-electron chi connectivity index (χ2n) is 8.02. The molecule has 0 radical (unpaired) electrons. The van der Waals surface area contributed by atoms with Crippen molar-refractivity contribution in [2.45, 2.75) is 13.5 Å². The number of aryl methyl sites for hydroxylation is 1. The number of thiazole rings is 1. The van der Waals surface area contributed by atoms with Crippen molar-refractivity contribution in [3.8, 4) is 16.4 Å². The zero-order valence-corrected chi connectivity index (χ0v) is 18.8. The Kier molecular flexibility index (Phi) is 5.83. The van der Waals surface area contributed by atoms with Crippen LogP contribution in [0.4, 0.5) is 0 Å². The fraction of sp³-hybridized carbons (Fsp3) is 0.240. The molecule has 0 spiro atoms. The molecule has 0 bridgehead atoms. The van der Waals surface area contributed by atoms with Crippen LogP contribution in [-0.4, -0.2) is 56.7 Å². The van der Waals surface area contributed by atoms with Crippen LogP contribution < -0.4 is 0 Å². The molecule has 162 valence electrons. The van der Waals surface area contributed by atoms with Gasteiger partial charge in [-0.25, -0.2) is 9.67 Å². The van der Waals surface area contributed by atoms with Crippen LogP contribution in [0.2, 0.25) is 0 Å². The first-order chi connectivity index (χ1) is 15.7. The number of piperazine rings is 1. The molecule has 1 fully saturated rings. The third-order valence-electron chi connectivity index (χ3n) is 5.69. The smallest absolute Gasteiger partial charge is 0.274 e. The molecule has 6 nitrogen and oxygen atoms in total. The zero-order valence-electron chi connectivity index (χ0n) is 18.0. The Morgan fingerprint density at radius 3 is 2.31 bits per heavy atom. The number of carbonyl (C=O) groups excluding carboxylic acids is 1. The van der Waals surface area contributed by atoms with Gasteiger partial charge in [0.05, 0.1) is 11.4 Å². The average Bonchev–Trinajstić information content (AvgIpc) is 3.47. The molecule has 5 rings (SSSR count). The molecule has 0 aliphatic carbocycles. The minimum atomic E-state index is -0.0198. The van der Waals surface area contributed by atoms with Gasteiger partial charge in [-0.1, -0.05) is 60.7 Å². The first kappa shape index (κ1) is 20.6. The fourth-order valence-corrected chi connectivity index (χ4v) is 4.76. The number of hydrogen-bond donors (Lipinski definition) is 0. The summed E-state index contributed by atoms with van der Waals surface area (Å²) < 4.78 is 1.80. The molecule has 1 saturated heterocycles. The summed E-state index contributed by atoms with van der Waals surface area (Å²) in [4.78, 5) is 22.2. The Morgan fingerprint density at radius 1 is 0.969 bits per heavy atom. The first-order valence-corrected chi connectivity index (χ1v) is 11.7. The lowest BCUT2D eigenvalue weighted by Crippen LogP contribution is -2.48. The number of carbonyl (C=O) groups is 1. The Morgan fingerprint density at radius 2 is 1.66 bits per heavy atom. The van der Waals surface area contributed by atoms with Gasteiger partial charge in [-0.05, 0) is 18.6 Å². The maximum absolute atomic E-state index is 13.3. The van der Waals surface area contributed by atoms with Gasteiger partial charge in [0, 0.05) is 43.7 Å². The molecule has 2 aromatic heterocycles.